The zero-order valence-corrected chi connectivity index (χ0v) is 22.0. The molecule has 16 heteroatoms. The molecule has 5 unspecified atom stereocenters. The smallest absolute Gasteiger partial charge is 0.336 e. The van der Waals surface area contributed by atoms with Crippen LogP contribution in [0, 0.1) is 16.0 Å². The van der Waals surface area contributed by atoms with Crippen molar-refractivity contribution in [2.24, 2.45) is 11.7 Å². The highest BCUT2D eigenvalue weighted by molar-refractivity contribution is 5.90. The van der Waals surface area contributed by atoms with Crippen LogP contribution in [0.4, 0.5) is 0 Å². The number of carbonyl (C=O) groups is 6. The summed E-state index contributed by atoms with van der Waals surface area (Å²) in [6, 6.07) is 0. The topological polar surface area (TPSA) is 227 Å². The van der Waals surface area contributed by atoms with E-state index in [1.54, 1.807) is 0 Å². The molecule has 16 nitrogen and oxygen atoms in total. The van der Waals surface area contributed by atoms with E-state index in [9.17, 15) is 38.9 Å². The van der Waals surface area contributed by atoms with Crippen LogP contribution in [0.5, 0.6) is 0 Å². The SMILES string of the molecule is COC(=O)C(=C(C)N)C(C[N+](=O)[O-])C(OC(C)=O)C(OC(C)=O)C(OC(C)=O)C(COC(C)=O)OC(C)=O. The Morgan fingerprint density at radius 1 is 0.737 bits per heavy atom. The molecule has 0 aromatic heterocycles. The molecule has 5 atom stereocenters. The van der Waals surface area contributed by atoms with Crippen molar-refractivity contribution in [3.8, 4) is 0 Å². The first kappa shape index (κ1) is 33.8. The molecule has 0 rings (SSSR count). The van der Waals surface area contributed by atoms with Gasteiger partial charge in [0.2, 0.25) is 6.54 Å². The molecule has 0 aliphatic rings. The van der Waals surface area contributed by atoms with E-state index < -0.39 is 89.8 Å². The normalized spacial score (nSPS) is 15.2. The van der Waals surface area contributed by atoms with Crippen LogP contribution < -0.4 is 5.73 Å². The number of nitrogens with two attached hydrogens (primary N) is 1. The van der Waals surface area contributed by atoms with E-state index in [4.69, 9.17) is 29.4 Å². The van der Waals surface area contributed by atoms with Crippen LogP contribution >= 0.6 is 0 Å². The summed E-state index contributed by atoms with van der Waals surface area (Å²) in [6.45, 7) is 4.16. The van der Waals surface area contributed by atoms with Gasteiger partial charge in [-0.15, -0.1) is 0 Å². The number of esters is 6. The molecule has 0 bridgehead atoms. The first-order valence-electron chi connectivity index (χ1n) is 11.0. The standard InChI is InChI=1S/C22H32N2O14/c1-10(23)18(22(30)33-7)16(8-24(31)32)19(36-13(4)27)21(38-15(6)29)20(37-14(5)28)17(35-12(3)26)9-34-11(2)25/h16-17,19-21H,8-9,23H2,1-7H3. The highest BCUT2D eigenvalue weighted by Gasteiger charge is 2.50. The van der Waals surface area contributed by atoms with E-state index in [0.717, 1.165) is 41.7 Å². The Labute approximate surface area is 217 Å². The van der Waals surface area contributed by atoms with E-state index in [1.165, 1.54) is 6.92 Å². The summed E-state index contributed by atoms with van der Waals surface area (Å²) in [5, 5.41) is 11.6. The summed E-state index contributed by atoms with van der Waals surface area (Å²) in [4.78, 5) is 82.9. The third-order valence-corrected chi connectivity index (χ3v) is 4.63. The molecule has 0 aliphatic carbocycles. The van der Waals surface area contributed by atoms with E-state index >= 15 is 0 Å². The largest absolute Gasteiger partial charge is 0.466 e. The van der Waals surface area contributed by atoms with Gasteiger partial charge in [0.15, 0.2) is 24.4 Å². The van der Waals surface area contributed by atoms with Gasteiger partial charge in [-0.3, -0.25) is 34.1 Å². The Kier molecular flexibility index (Phi) is 14.0. The predicted octanol–water partition coefficient (Wildman–Crippen LogP) is -0.425. The number of allylic oxidation sites excluding steroid dienone is 1. The fraction of sp³-hybridized carbons (Fsp3) is 0.636. The van der Waals surface area contributed by atoms with Crippen molar-refractivity contribution in [3.05, 3.63) is 21.4 Å². The Morgan fingerprint density at radius 3 is 1.55 bits per heavy atom. The number of nitro groups is 1. The van der Waals surface area contributed by atoms with Crippen molar-refractivity contribution in [1.82, 2.24) is 0 Å². The first-order valence-corrected chi connectivity index (χ1v) is 11.0. The van der Waals surface area contributed by atoms with Gasteiger partial charge in [-0.1, -0.05) is 0 Å². The highest BCUT2D eigenvalue weighted by atomic mass is 16.6. The average Bonchev–Trinajstić information content (AvgIpc) is 2.75. The average molecular weight is 548 g/mol. The second-order valence-electron chi connectivity index (χ2n) is 7.88. The monoisotopic (exact) mass is 548 g/mol. The molecular formula is C22H32N2O14. The summed E-state index contributed by atoms with van der Waals surface area (Å²) in [5.41, 5.74) is 5.06. The van der Waals surface area contributed by atoms with Gasteiger partial charge >= 0.3 is 35.8 Å². The fourth-order valence-electron chi connectivity index (χ4n) is 3.47. The minimum absolute atomic E-state index is 0.261. The molecule has 0 aliphatic heterocycles. The molecule has 0 aromatic carbocycles. The van der Waals surface area contributed by atoms with E-state index in [2.05, 4.69) is 4.74 Å². The maximum atomic E-state index is 12.6. The summed E-state index contributed by atoms with van der Waals surface area (Å²) in [7, 11) is 0.969. The number of nitrogens with zero attached hydrogens (tertiary/aromatic N) is 1. The van der Waals surface area contributed by atoms with Crippen LogP contribution in [0.1, 0.15) is 41.5 Å². The molecule has 0 saturated heterocycles. The summed E-state index contributed by atoms with van der Waals surface area (Å²) < 4.78 is 30.5. The van der Waals surface area contributed by atoms with Crippen molar-refractivity contribution >= 4 is 35.8 Å². The maximum Gasteiger partial charge on any atom is 0.336 e. The van der Waals surface area contributed by atoms with Gasteiger partial charge in [0, 0.05) is 45.2 Å². The molecule has 0 aromatic rings. The first-order chi connectivity index (χ1) is 17.5. The number of rotatable bonds is 14. The third-order valence-electron chi connectivity index (χ3n) is 4.63. The number of methoxy groups -OCH3 is 1. The molecular weight excluding hydrogens is 516 g/mol. The lowest BCUT2D eigenvalue weighted by molar-refractivity contribution is -0.489. The van der Waals surface area contributed by atoms with E-state index in [0.29, 0.717) is 0 Å². The van der Waals surface area contributed by atoms with Gasteiger partial charge in [0.05, 0.1) is 18.6 Å². The molecule has 0 spiro atoms. The zero-order chi connectivity index (χ0) is 29.7. The van der Waals surface area contributed by atoms with Crippen LogP contribution in [0.15, 0.2) is 11.3 Å². The highest BCUT2D eigenvalue weighted by Crippen LogP contribution is 2.30. The van der Waals surface area contributed by atoms with Crippen molar-refractivity contribution in [2.45, 2.75) is 66.0 Å². The van der Waals surface area contributed by atoms with Gasteiger partial charge in [-0.25, -0.2) is 4.79 Å². The molecule has 0 fully saturated rings. The molecule has 38 heavy (non-hydrogen) atoms. The van der Waals surface area contributed by atoms with Gasteiger partial charge in [0.1, 0.15) is 6.61 Å². The predicted molar refractivity (Wildman–Crippen MR) is 123 cm³/mol. The van der Waals surface area contributed by atoms with Crippen molar-refractivity contribution in [3.63, 3.8) is 0 Å². The number of carbonyl (C=O) groups excluding carboxylic acids is 6. The molecule has 0 radical (unpaired) electrons. The molecule has 0 saturated carbocycles. The van der Waals surface area contributed by atoms with Crippen LogP contribution in [-0.2, 0) is 57.2 Å². The summed E-state index contributed by atoms with van der Waals surface area (Å²) >= 11 is 0. The minimum atomic E-state index is -1.95. The van der Waals surface area contributed by atoms with Crippen LogP contribution in [-0.4, -0.2) is 85.4 Å². The summed E-state index contributed by atoms with van der Waals surface area (Å²) in [6.07, 6.45) is -7.42. The van der Waals surface area contributed by atoms with Crippen molar-refractivity contribution < 1.29 is 62.1 Å². The van der Waals surface area contributed by atoms with Crippen LogP contribution in [0.2, 0.25) is 0 Å². The Morgan fingerprint density at radius 2 is 1.18 bits per heavy atom. The lowest BCUT2D eigenvalue weighted by atomic mass is 9.85. The van der Waals surface area contributed by atoms with Crippen LogP contribution in [0.3, 0.4) is 0 Å². The quantitative estimate of drug-likeness (QED) is 0.0955. The maximum absolute atomic E-state index is 12.6. The number of ether oxygens (including phenoxy) is 6. The van der Waals surface area contributed by atoms with Gasteiger partial charge in [-0.2, -0.15) is 0 Å². The molecule has 2 N–H and O–H groups in total. The van der Waals surface area contributed by atoms with Crippen molar-refractivity contribution in [2.75, 3.05) is 20.3 Å². The summed E-state index contributed by atoms with van der Waals surface area (Å²) in [5.74, 6) is -7.75. The van der Waals surface area contributed by atoms with Gasteiger partial charge in [-0.05, 0) is 6.92 Å². The Hall–Kier alpha value is -4.24. The second-order valence-corrected chi connectivity index (χ2v) is 7.88. The van der Waals surface area contributed by atoms with E-state index in [1.807, 2.05) is 0 Å². The lowest BCUT2D eigenvalue weighted by Crippen LogP contribution is -2.56. The Bertz CT molecular complexity index is 956. The third kappa shape index (κ3) is 11.7. The zero-order valence-electron chi connectivity index (χ0n) is 22.0. The molecule has 0 amide bonds. The lowest BCUT2D eigenvalue weighted by Gasteiger charge is -2.37. The molecule has 214 valence electrons. The Balaban J connectivity index is 7.35. The van der Waals surface area contributed by atoms with E-state index in [-0.39, 0.29) is 5.70 Å². The molecule has 0 heterocycles. The number of hydrogen-bond acceptors (Lipinski definition) is 15. The fourth-order valence-corrected chi connectivity index (χ4v) is 3.47. The van der Waals surface area contributed by atoms with Gasteiger partial charge < -0.3 is 34.2 Å². The number of hydrogen-bond donors (Lipinski definition) is 1. The van der Waals surface area contributed by atoms with Crippen LogP contribution in [0.25, 0.3) is 0 Å². The van der Waals surface area contributed by atoms with Gasteiger partial charge in [0.25, 0.3) is 0 Å². The second kappa shape index (κ2) is 15.8. The van der Waals surface area contributed by atoms with Crippen molar-refractivity contribution in [1.29, 1.82) is 0 Å². The minimum Gasteiger partial charge on any atom is -0.466 e.